The van der Waals surface area contributed by atoms with Crippen LogP contribution < -0.4 is 5.32 Å². The summed E-state index contributed by atoms with van der Waals surface area (Å²) in [5.41, 5.74) is 1.06. The number of carbonyl (C=O) groups is 2. The van der Waals surface area contributed by atoms with Crippen LogP contribution in [0.25, 0.3) is 0 Å². The first-order valence-electron chi connectivity index (χ1n) is 7.34. The second-order valence-electron chi connectivity index (χ2n) is 5.29. The van der Waals surface area contributed by atoms with Crippen LogP contribution in [-0.2, 0) is 20.7 Å². The van der Waals surface area contributed by atoms with Crippen LogP contribution in [0.3, 0.4) is 0 Å². The van der Waals surface area contributed by atoms with Crippen molar-refractivity contribution in [1.82, 2.24) is 5.32 Å². The van der Waals surface area contributed by atoms with Crippen LogP contribution in [0.15, 0.2) is 30.3 Å². The van der Waals surface area contributed by atoms with Crippen LogP contribution in [0.1, 0.15) is 24.8 Å². The summed E-state index contributed by atoms with van der Waals surface area (Å²) in [5, 5.41) is 3.04. The fourth-order valence-corrected chi connectivity index (χ4v) is 2.81. The van der Waals surface area contributed by atoms with Crippen molar-refractivity contribution in [2.75, 3.05) is 12.3 Å². The van der Waals surface area contributed by atoms with Crippen LogP contribution in [0.2, 0.25) is 0 Å². The van der Waals surface area contributed by atoms with E-state index in [1.165, 1.54) is 0 Å². The number of benzene rings is 1. The van der Waals surface area contributed by atoms with Crippen molar-refractivity contribution in [3.05, 3.63) is 35.9 Å². The smallest absolute Gasteiger partial charge is 0.330 e. The van der Waals surface area contributed by atoms with Gasteiger partial charge in [-0.25, -0.2) is 4.79 Å². The molecule has 5 heteroatoms. The lowest BCUT2D eigenvalue weighted by Crippen LogP contribution is -2.35. The van der Waals surface area contributed by atoms with Gasteiger partial charge in [-0.2, -0.15) is 12.6 Å². The van der Waals surface area contributed by atoms with Gasteiger partial charge in [0.2, 0.25) is 0 Å². The zero-order valence-electron chi connectivity index (χ0n) is 12.0. The van der Waals surface area contributed by atoms with E-state index >= 15 is 0 Å². The Balaban J connectivity index is 1.93. The molecule has 1 N–H and O–H groups in total. The fourth-order valence-electron chi connectivity index (χ4n) is 2.50. The first kappa shape index (κ1) is 16.0. The third kappa shape index (κ3) is 4.86. The highest BCUT2D eigenvalue weighted by Crippen LogP contribution is 2.16. The zero-order valence-corrected chi connectivity index (χ0v) is 12.9. The Labute approximate surface area is 130 Å². The Morgan fingerprint density at radius 3 is 2.71 bits per heavy atom. The van der Waals surface area contributed by atoms with Crippen molar-refractivity contribution in [2.24, 2.45) is 5.92 Å². The van der Waals surface area contributed by atoms with Gasteiger partial charge in [-0.05, 0) is 43.5 Å². The number of thiol groups is 1. The summed E-state index contributed by atoms with van der Waals surface area (Å²) >= 11 is 4.19. The monoisotopic (exact) mass is 307 g/mol. The van der Waals surface area contributed by atoms with E-state index in [4.69, 9.17) is 4.74 Å². The normalized spacial score (nSPS) is 19.2. The number of ether oxygens (including phenoxy) is 1. The van der Waals surface area contributed by atoms with Crippen LogP contribution in [0.4, 0.5) is 0 Å². The van der Waals surface area contributed by atoms with E-state index in [9.17, 15) is 9.59 Å². The summed E-state index contributed by atoms with van der Waals surface area (Å²) in [6.45, 7) is 0.804. The molecule has 1 aromatic carbocycles. The molecule has 0 radical (unpaired) electrons. The molecule has 1 unspecified atom stereocenters. The van der Waals surface area contributed by atoms with Crippen molar-refractivity contribution in [2.45, 2.75) is 31.7 Å². The summed E-state index contributed by atoms with van der Waals surface area (Å²) < 4.78 is 5.05. The molecule has 2 rings (SSSR count). The third-order valence-corrected chi connectivity index (χ3v) is 3.94. The van der Waals surface area contributed by atoms with Gasteiger partial charge in [-0.15, -0.1) is 0 Å². The highest BCUT2D eigenvalue weighted by atomic mass is 32.1. The first-order valence-corrected chi connectivity index (χ1v) is 7.97. The van der Waals surface area contributed by atoms with Gasteiger partial charge in [0, 0.05) is 0 Å². The van der Waals surface area contributed by atoms with Gasteiger partial charge in [0.1, 0.15) is 6.04 Å². The van der Waals surface area contributed by atoms with E-state index in [2.05, 4.69) is 17.9 Å². The van der Waals surface area contributed by atoms with E-state index in [0.29, 0.717) is 18.6 Å². The number of nitrogens with one attached hydrogen (secondary N) is 1. The molecule has 0 saturated carbocycles. The van der Waals surface area contributed by atoms with Gasteiger partial charge in [-0.3, -0.25) is 4.79 Å². The van der Waals surface area contributed by atoms with Crippen molar-refractivity contribution in [3.8, 4) is 0 Å². The summed E-state index contributed by atoms with van der Waals surface area (Å²) in [4.78, 5) is 24.1. The van der Waals surface area contributed by atoms with E-state index < -0.39 is 11.9 Å². The number of esters is 2. The minimum atomic E-state index is -0.449. The van der Waals surface area contributed by atoms with E-state index in [1.54, 1.807) is 0 Å². The molecule has 0 aliphatic carbocycles. The molecule has 1 fully saturated rings. The molecule has 21 heavy (non-hydrogen) atoms. The minimum Gasteiger partial charge on any atom is -0.392 e. The van der Waals surface area contributed by atoms with E-state index in [0.717, 1.165) is 24.9 Å². The Bertz CT molecular complexity index is 472. The average Bonchev–Trinajstić information content (AvgIpc) is 3.02. The van der Waals surface area contributed by atoms with E-state index in [1.807, 2.05) is 30.3 Å². The van der Waals surface area contributed by atoms with Crippen LogP contribution in [0, 0.1) is 5.92 Å². The second-order valence-corrected chi connectivity index (χ2v) is 5.74. The Morgan fingerprint density at radius 2 is 2.10 bits per heavy atom. The highest BCUT2D eigenvalue weighted by Gasteiger charge is 2.28. The van der Waals surface area contributed by atoms with Crippen molar-refractivity contribution >= 4 is 24.6 Å². The van der Waals surface area contributed by atoms with Crippen molar-refractivity contribution in [3.63, 3.8) is 0 Å². The predicted octanol–water partition coefficient (Wildman–Crippen LogP) is 1.99. The maximum atomic E-state index is 12.2. The fraction of sp³-hybridized carbons (Fsp3) is 0.500. The second kappa shape index (κ2) is 8.20. The van der Waals surface area contributed by atoms with Gasteiger partial charge in [0.25, 0.3) is 0 Å². The molecule has 1 aliphatic rings. The average molecular weight is 307 g/mol. The molecule has 0 bridgehead atoms. The van der Waals surface area contributed by atoms with Crippen LogP contribution >= 0.6 is 12.6 Å². The number of carbonyl (C=O) groups excluding carboxylic acids is 2. The summed E-state index contributed by atoms with van der Waals surface area (Å²) in [6, 6.07) is 9.42. The Kier molecular flexibility index (Phi) is 6.26. The van der Waals surface area contributed by atoms with Crippen molar-refractivity contribution in [1.29, 1.82) is 0 Å². The molecule has 0 aromatic heterocycles. The molecular formula is C16H21NO3S. The van der Waals surface area contributed by atoms with Crippen molar-refractivity contribution < 1.29 is 14.3 Å². The van der Waals surface area contributed by atoms with E-state index in [-0.39, 0.29) is 12.0 Å². The number of hydrogen-bond donors (Lipinski definition) is 2. The first-order chi connectivity index (χ1) is 10.2. The Hall–Kier alpha value is -1.33. The molecule has 1 aromatic rings. The number of rotatable bonds is 6. The largest absolute Gasteiger partial charge is 0.392 e. The molecule has 0 spiro atoms. The predicted molar refractivity (Wildman–Crippen MR) is 84.2 cm³/mol. The van der Waals surface area contributed by atoms with Gasteiger partial charge in [0.05, 0.1) is 5.92 Å². The molecule has 2 atom stereocenters. The van der Waals surface area contributed by atoms with Gasteiger partial charge in [-0.1, -0.05) is 30.3 Å². The lowest BCUT2D eigenvalue weighted by Gasteiger charge is -2.16. The van der Waals surface area contributed by atoms with Gasteiger partial charge >= 0.3 is 11.9 Å². The number of hydrogen-bond acceptors (Lipinski definition) is 5. The van der Waals surface area contributed by atoms with Gasteiger partial charge in [0.15, 0.2) is 0 Å². The summed E-state index contributed by atoms with van der Waals surface area (Å²) in [5.74, 6) is -0.626. The molecule has 114 valence electrons. The standard InChI is InChI=1S/C16H21NO3S/c18-15(20-16(19)14-7-4-9-17-14)13(8-10-21)11-12-5-2-1-3-6-12/h1-3,5-6,13-14,17,21H,4,7-11H2/t13?,14-/m0/s1. The molecular weight excluding hydrogens is 286 g/mol. The van der Waals surface area contributed by atoms with Crippen LogP contribution in [-0.4, -0.2) is 30.3 Å². The Morgan fingerprint density at radius 1 is 1.33 bits per heavy atom. The molecule has 1 heterocycles. The molecule has 1 saturated heterocycles. The third-order valence-electron chi connectivity index (χ3n) is 3.68. The lowest BCUT2D eigenvalue weighted by atomic mass is 9.97. The molecule has 0 amide bonds. The zero-order chi connectivity index (χ0) is 15.1. The lowest BCUT2D eigenvalue weighted by molar-refractivity contribution is -0.163. The molecule has 1 aliphatic heterocycles. The molecule has 4 nitrogen and oxygen atoms in total. The maximum Gasteiger partial charge on any atom is 0.330 e. The van der Waals surface area contributed by atoms with Crippen LogP contribution in [0.5, 0.6) is 0 Å². The summed E-state index contributed by atoms with van der Waals surface area (Å²) in [6.07, 6.45) is 2.86. The summed E-state index contributed by atoms with van der Waals surface area (Å²) in [7, 11) is 0. The maximum absolute atomic E-state index is 12.2. The highest BCUT2D eigenvalue weighted by molar-refractivity contribution is 7.80. The quantitative estimate of drug-likeness (QED) is 0.479. The van der Waals surface area contributed by atoms with Gasteiger partial charge < -0.3 is 10.1 Å². The minimum absolute atomic E-state index is 0.324. The topological polar surface area (TPSA) is 55.4 Å². The SMILES string of the molecule is O=C(OC(=O)[C@@H]1CCCN1)C(CCS)Cc1ccccc1.